The van der Waals surface area contributed by atoms with E-state index in [0.29, 0.717) is 6.42 Å². The van der Waals surface area contributed by atoms with E-state index in [2.05, 4.69) is 24.1 Å². The molecule has 0 aliphatic rings. The molecule has 0 fully saturated rings. The van der Waals surface area contributed by atoms with E-state index in [9.17, 15) is 8.42 Å². The van der Waals surface area contributed by atoms with Crippen molar-refractivity contribution in [1.82, 2.24) is 0 Å². The van der Waals surface area contributed by atoms with Crippen LogP contribution in [0.2, 0.25) is 0 Å². The summed E-state index contributed by atoms with van der Waals surface area (Å²) in [4.78, 5) is 0. The molecular formula is C4H13N3O3S2. The van der Waals surface area contributed by atoms with Gasteiger partial charge in [0, 0.05) is 0 Å². The Kier molecular flexibility index (Phi) is 7.15. The Labute approximate surface area is 77.0 Å². The summed E-state index contributed by atoms with van der Waals surface area (Å²) in [6.07, 6.45) is 0.321. The van der Waals surface area contributed by atoms with Crippen LogP contribution in [0.15, 0.2) is 0 Å². The molecule has 0 aromatic carbocycles. The number of hydrogen-bond donors (Lipinski definition) is 5. The van der Waals surface area contributed by atoms with Crippen molar-refractivity contribution >= 4 is 28.7 Å². The molecule has 6 nitrogen and oxygen atoms in total. The fraction of sp³-hybridized carbons (Fsp3) is 0.750. The number of guanidine groups is 1. The molecule has 8 heteroatoms. The molecule has 12 heavy (non-hydrogen) atoms. The molecule has 0 rings (SSSR count). The largest absolute Gasteiger partial charge is 0.370 e. The topological polar surface area (TPSA) is 130 Å². The second-order valence-corrected chi connectivity index (χ2v) is 4.40. The van der Waals surface area contributed by atoms with Crippen molar-refractivity contribution in [3.05, 3.63) is 0 Å². The molecule has 0 saturated carbocycles. The molecule has 0 amide bonds. The lowest BCUT2D eigenvalue weighted by atomic mass is 10.6. The van der Waals surface area contributed by atoms with Crippen LogP contribution in [0.3, 0.4) is 0 Å². The first-order chi connectivity index (χ1) is 5.21. The summed E-state index contributed by atoms with van der Waals surface area (Å²) in [5, 5.41) is 6.06. The molecule has 0 spiro atoms. The van der Waals surface area contributed by atoms with Crippen molar-refractivity contribution in [3.8, 4) is 0 Å². The summed E-state index contributed by atoms with van der Waals surface area (Å²) >= 11 is 3.57. The van der Waals surface area contributed by atoms with Gasteiger partial charge in [-0.1, -0.05) is 6.92 Å². The van der Waals surface area contributed by atoms with Gasteiger partial charge in [-0.25, -0.2) is 0 Å². The number of hydrogen-bond acceptors (Lipinski definition) is 4. The smallest absolute Gasteiger partial charge is 0.276 e. The Morgan fingerprint density at radius 1 is 1.67 bits per heavy atom. The molecule has 0 radical (unpaired) electrons. The van der Waals surface area contributed by atoms with Gasteiger partial charge in [0.2, 0.25) is 0 Å². The minimum atomic E-state index is -3.89. The lowest BCUT2D eigenvalue weighted by Gasteiger charge is -1.99. The summed E-state index contributed by atoms with van der Waals surface area (Å²) < 4.78 is 27.3. The first-order valence-electron chi connectivity index (χ1n) is 2.95. The van der Waals surface area contributed by atoms with E-state index < -0.39 is 14.7 Å². The fourth-order valence-electron chi connectivity index (χ4n) is 0.211. The third-order valence-electron chi connectivity index (χ3n) is 0.693. The highest BCUT2D eigenvalue weighted by molar-refractivity contribution is 8.01. The molecule has 0 bridgehead atoms. The highest BCUT2D eigenvalue weighted by Crippen LogP contribution is 2.06. The van der Waals surface area contributed by atoms with Gasteiger partial charge in [0.25, 0.3) is 10.1 Å². The standard InChI is InChI=1S/C3H8O3S2.CH5N3/c1-2-3(7)8(4,5)6;2-1(3)4/h3,7H,2H2,1H3,(H,4,5,6);(H5,2,3,4). The molecule has 74 valence electrons. The normalized spacial score (nSPS) is 12.6. The highest BCUT2D eigenvalue weighted by Gasteiger charge is 2.14. The van der Waals surface area contributed by atoms with Crippen molar-refractivity contribution in [2.24, 2.45) is 11.5 Å². The van der Waals surface area contributed by atoms with E-state index in [1.807, 2.05) is 0 Å². The van der Waals surface area contributed by atoms with Crippen LogP contribution in [0.4, 0.5) is 0 Å². The molecule has 0 aliphatic carbocycles. The quantitative estimate of drug-likeness (QED) is 0.181. The second-order valence-electron chi connectivity index (χ2n) is 1.83. The van der Waals surface area contributed by atoms with E-state index in [4.69, 9.17) is 9.96 Å². The van der Waals surface area contributed by atoms with E-state index >= 15 is 0 Å². The summed E-state index contributed by atoms with van der Waals surface area (Å²) in [7, 11) is -3.89. The number of thiol groups is 1. The average Bonchev–Trinajstić information content (AvgIpc) is 1.82. The van der Waals surface area contributed by atoms with Crippen molar-refractivity contribution in [2.45, 2.75) is 17.9 Å². The van der Waals surface area contributed by atoms with Gasteiger partial charge in [-0.2, -0.15) is 21.0 Å². The van der Waals surface area contributed by atoms with Gasteiger partial charge in [0.15, 0.2) is 5.96 Å². The monoisotopic (exact) mass is 215 g/mol. The van der Waals surface area contributed by atoms with Crippen molar-refractivity contribution in [3.63, 3.8) is 0 Å². The van der Waals surface area contributed by atoms with Crippen molar-refractivity contribution in [1.29, 1.82) is 5.41 Å². The minimum Gasteiger partial charge on any atom is -0.370 e. The maximum absolute atomic E-state index is 10.0. The van der Waals surface area contributed by atoms with Gasteiger partial charge in [-0.15, -0.1) is 0 Å². The first kappa shape index (κ1) is 14.1. The SMILES string of the molecule is CCC(S)S(=O)(=O)O.N=C(N)N. The number of nitrogens with two attached hydrogens (primary N) is 2. The molecule has 1 atom stereocenters. The van der Waals surface area contributed by atoms with Crippen molar-refractivity contribution in [2.75, 3.05) is 0 Å². The molecule has 0 aliphatic heterocycles. The molecule has 0 heterocycles. The zero-order valence-electron chi connectivity index (χ0n) is 6.56. The second kappa shape index (κ2) is 6.09. The summed E-state index contributed by atoms with van der Waals surface area (Å²) in [5.74, 6) is -0.333. The Morgan fingerprint density at radius 3 is 1.92 bits per heavy atom. The van der Waals surface area contributed by atoms with Crippen molar-refractivity contribution < 1.29 is 13.0 Å². The summed E-state index contributed by atoms with van der Waals surface area (Å²) in [5.41, 5.74) is 8.94. The zero-order chi connectivity index (χ0) is 10.4. The van der Waals surface area contributed by atoms with Gasteiger partial charge >= 0.3 is 0 Å². The fourth-order valence-corrected chi connectivity index (χ4v) is 0.632. The molecule has 0 saturated heterocycles. The molecule has 0 aromatic rings. The van der Waals surface area contributed by atoms with E-state index in [0.717, 1.165) is 0 Å². The third kappa shape index (κ3) is 12.2. The van der Waals surface area contributed by atoms with Crippen LogP contribution in [0, 0.1) is 5.41 Å². The minimum absolute atomic E-state index is 0.321. The molecule has 1 unspecified atom stereocenters. The van der Waals surface area contributed by atoms with Gasteiger partial charge in [-0.3, -0.25) is 9.96 Å². The van der Waals surface area contributed by atoms with Crippen LogP contribution in [0.25, 0.3) is 0 Å². The summed E-state index contributed by atoms with van der Waals surface area (Å²) in [6, 6.07) is 0. The van der Waals surface area contributed by atoms with Gasteiger partial charge < -0.3 is 11.5 Å². The van der Waals surface area contributed by atoms with Crippen LogP contribution >= 0.6 is 12.6 Å². The van der Waals surface area contributed by atoms with Crippen LogP contribution in [0.1, 0.15) is 13.3 Å². The third-order valence-corrected chi connectivity index (χ3v) is 2.88. The van der Waals surface area contributed by atoms with Crippen LogP contribution in [-0.2, 0) is 10.1 Å². The number of nitrogens with one attached hydrogen (secondary N) is 1. The molecule has 0 aromatic heterocycles. The van der Waals surface area contributed by atoms with Gasteiger partial charge in [0.1, 0.15) is 4.58 Å². The first-order valence-corrected chi connectivity index (χ1v) is 4.97. The number of rotatable bonds is 2. The predicted octanol–water partition coefficient (Wildman–Crippen LogP) is -0.621. The van der Waals surface area contributed by atoms with E-state index in [-0.39, 0.29) is 5.96 Å². The zero-order valence-corrected chi connectivity index (χ0v) is 8.27. The van der Waals surface area contributed by atoms with Gasteiger partial charge in [-0.05, 0) is 6.42 Å². The van der Waals surface area contributed by atoms with E-state index in [1.165, 1.54) is 0 Å². The maximum atomic E-state index is 10.0. The lowest BCUT2D eigenvalue weighted by Crippen LogP contribution is -2.20. The summed E-state index contributed by atoms with van der Waals surface area (Å²) in [6.45, 7) is 1.63. The molecular weight excluding hydrogens is 202 g/mol. The highest BCUT2D eigenvalue weighted by atomic mass is 32.3. The Bertz CT molecular complexity index is 222. The van der Waals surface area contributed by atoms with Gasteiger partial charge in [0.05, 0.1) is 0 Å². The Balaban J connectivity index is 0. The lowest BCUT2D eigenvalue weighted by molar-refractivity contribution is 0.479. The maximum Gasteiger partial charge on any atom is 0.276 e. The van der Waals surface area contributed by atoms with Crippen LogP contribution < -0.4 is 11.5 Å². The Morgan fingerprint density at radius 2 is 1.92 bits per heavy atom. The average molecular weight is 215 g/mol. The van der Waals surface area contributed by atoms with E-state index in [1.54, 1.807) is 6.92 Å². The van der Waals surface area contributed by atoms with Crippen LogP contribution in [0.5, 0.6) is 0 Å². The Hall–Kier alpha value is -0.470. The van der Waals surface area contributed by atoms with Crippen LogP contribution in [-0.4, -0.2) is 23.5 Å². The molecule has 6 N–H and O–H groups in total. The predicted molar refractivity (Wildman–Crippen MR) is 50.7 cm³/mol.